The lowest BCUT2D eigenvalue weighted by Gasteiger charge is -2.17. The molecule has 0 radical (unpaired) electrons. The Morgan fingerprint density at radius 1 is 0.521 bits per heavy atom. The van der Waals surface area contributed by atoms with Gasteiger partial charge in [-0.15, -0.1) is 0 Å². The number of benzene rings is 4. The summed E-state index contributed by atoms with van der Waals surface area (Å²) in [4.78, 5) is 26.2. The van der Waals surface area contributed by atoms with E-state index in [0.717, 1.165) is 11.1 Å². The van der Waals surface area contributed by atoms with Gasteiger partial charge in [0.2, 0.25) is 0 Å². The topological polar surface area (TPSA) is 114 Å². The minimum atomic E-state index is -0.286. The molecule has 2 amide bonds. The van der Waals surface area contributed by atoms with Crippen molar-refractivity contribution in [3.63, 3.8) is 0 Å². The summed E-state index contributed by atoms with van der Waals surface area (Å²) in [5.74, 6) is 1.70. The first kappa shape index (κ1) is 34.0. The van der Waals surface area contributed by atoms with Crippen LogP contribution in [0.2, 0.25) is 0 Å². The maximum atomic E-state index is 13.1. The van der Waals surface area contributed by atoms with Crippen molar-refractivity contribution in [3.8, 4) is 23.0 Å². The molecule has 8 rings (SSSR count). The molecule has 2 N–H and O–H groups in total. The lowest BCUT2D eigenvalue weighted by atomic mass is 10.1. The van der Waals surface area contributed by atoms with Crippen molar-refractivity contribution in [2.24, 2.45) is 0 Å². The largest absolute Gasteiger partial charge is 0.491 e. The van der Waals surface area contributed by atoms with Crippen LogP contribution in [0.4, 0.5) is 11.4 Å². The van der Waals surface area contributed by atoms with Crippen molar-refractivity contribution >= 4 is 23.2 Å². The minimum Gasteiger partial charge on any atom is -0.491 e. The highest BCUT2D eigenvalue weighted by atomic mass is 16.6. The van der Waals surface area contributed by atoms with Gasteiger partial charge in [-0.3, -0.25) is 9.59 Å². The van der Waals surface area contributed by atoms with Gasteiger partial charge in [0, 0.05) is 11.1 Å². The molecule has 10 nitrogen and oxygen atoms in total. The second kappa shape index (κ2) is 17.0. The Kier molecular flexibility index (Phi) is 12.1. The van der Waals surface area contributed by atoms with E-state index in [0.29, 0.717) is 90.7 Å². The van der Waals surface area contributed by atoms with Gasteiger partial charge in [0.1, 0.15) is 49.4 Å². The smallest absolute Gasteiger partial charge is 0.255 e. The van der Waals surface area contributed by atoms with Gasteiger partial charge in [0.05, 0.1) is 37.8 Å². The molecule has 0 unspecified atom stereocenters. The molecular weight excluding hydrogens is 612 g/mol. The van der Waals surface area contributed by atoms with Crippen LogP contribution < -0.4 is 29.6 Å². The quantitative estimate of drug-likeness (QED) is 0.204. The molecule has 4 bridgehead atoms. The first-order chi connectivity index (χ1) is 23.3. The van der Waals surface area contributed by atoms with Gasteiger partial charge in [0.15, 0.2) is 0 Å². The lowest BCUT2D eigenvalue weighted by Crippen LogP contribution is -2.15. The summed E-state index contributed by atoms with van der Waals surface area (Å²) in [5, 5.41) is 5.88. The number of rotatable bonds is 0. The van der Waals surface area contributed by atoms with Crippen LogP contribution in [0.1, 0.15) is 31.8 Å². The summed E-state index contributed by atoms with van der Waals surface area (Å²) < 4.78 is 34.8. The lowest BCUT2D eigenvalue weighted by molar-refractivity contribution is 0.0273. The molecule has 4 aromatic rings. The maximum Gasteiger partial charge on any atom is 0.255 e. The van der Waals surface area contributed by atoms with Crippen LogP contribution in [0.25, 0.3) is 0 Å². The Bertz CT molecular complexity index is 1580. The van der Waals surface area contributed by atoms with Gasteiger partial charge < -0.3 is 39.1 Å². The predicted molar refractivity (Wildman–Crippen MR) is 184 cm³/mol. The highest BCUT2D eigenvalue weighted by Gasteiger charge is 2.14. The monoisotopic (exact) mass is 652 g/mol. The van der Waals surface area contributed by atoms with Crippen molar-refractivity contribution in [3.05, 3.63) is 119 Å². The number of amides is 2. The van der Waals surface area contributed by atoms with E-state index in [4.69, 9.17) is 28.4 Å². The fourth-order valence-electron chi connectivity index (χ4n) is 4.66. The SMILES string of the molecule is C=C1COc2cc(C)ccc2NC(=O)c2ccc(cc2)OCCOCCOCCOc2ccc(cc2)C(=O)Nc2ccc(C)cc2OC1. The van der Waals surface area contributed by atoms with E-state index in [1.807, 2.05) is 38.1 Å². The Labute approximate surface area is 280 Å². The second-order valence-electron chi connectivity index (χ2n) is 11.2. The number of aryl methyl sites for hydroxylation is 2. The standard InChI is InChI=1S/C38H40N2O8/c1-26-4-14-33-35(22-26)47-24-28(3)25-48-36-23-27(2)5-15-34(36)40-38(42)30-8-12-32(13-9-30)46-21-19-44-17-16-43-18-20-45-31-10-6-29(7-11-31)37(41)39-33/h4-15,22-23H,3,16-21,24-25H2,1-2H3,(H,39,41)(H,40,42). The number of hydrogen-bond acceptors (Lipinski definition) is 8. The van der Waals surface area contributed by atoms with Crippen LogP contribution >= 0.6 is 0 Å². The van der Waals surface area contributed by atoms with Crippen LogP contribution in [0.5, 0.6) is 23.0 Å². The molecule has 0 fully saturated rings. The molecular formula is C38H40N2O8. The number of ether oxygens (including phenoxy) is 6. The number of carbonyl (C=O) groups is 2. The van der Waals surface area contributed by atoms with Gasteiger partial charge in [-0.1, -0.05) is 18.7 Å². The zero-order valence-corrected chi connectivity index (χ0v) is 27.2. The summed E-state index contributed by atoms with van der Waals surface area (Å²) in [6.07, 6.45) is 0. The molecule has 0 atom stereocenters. The normalized spacial score (nSPS) is 15.6. The van der Waals surface area contributed by atoms with E-state index in [-0.39, 0.29) is 25.0 Å². The van der Waals surface area contributed by atoms with Crippen molar-refractivity contribution in [1.82, 2.24) is 0 Å². The van der Waals surface area contributed by atoms with E-state index < -0.39 is 0 Å². The van der Waals surface area contributed by atoms with Crippen LogP contribution in [-0.2, 0) is 9.47 Å². The molecule has 4 aliphatic rings. The third-order valence-electron chi connectivity index (χ3n) is 7.23. The Morgan fingerprint density at radius 3 is 1.33 bits per heavy atom. The van der Waals surface area contributed by atoms with Gasteiger partial charge in [-0.05, 0) is 103 Å². The number of carbonyl (C=O) groups excluding carboxylic acids is 2. The predicted octanol–water partition coefficient (Wildman–Crippen LogP) is 6.63. The van der Waals surface area contributed by atoms with E-state index in [9.17, 15) is 9.59 Å². The van der Waals surface area contributed by atoms with E-state index in [2.05, 4.69) is 17.2 Å². The molecule has 10 heteroatoms. The van der Waals surface area contributed by atoms with Crippen molar-refractivity contribution in [1.29, 1.82) is 0 Å². The Morgan fingerprint density at radius 2 is 0.917 bits per heavy atom. The molecule has 4 aromatic carbocycles. The molecule has 4 aliphatic heterocycles. The molecule has 4 heterocycles. The molecule has 0 aliphatic carbocycles. The summed E-state index contributed by atoms with van der Waals surface area (Å²) >= 11 is 0. The van der Waals surface area contributed by atoms with Gasteiger partial charge in [0.25, 0.3) is 11.8 Å². The molecule has 0 aromatic heterocycles. The zero-order chi connectivity index (χ0) is 33.7. The minimum absolute atomic E-state index is 0.149. The summed E-state index contributed by atoms with van der Waals surface area (Å²) in [6, 6.07) is 24.9. The zero-order valence-electron chi connectivity index (χ0n) is 27.2. The first-order valence-electron chi connectivity index (χ1n) is 15.7. The summed E-state index contributed by atoms with van der Waals surface area (Å²) in [5.41, 5.74) is 4.59. The average Bonchev–Trinajstić information content (AvgIpc) is 3.09. The number of anilines is 2. The number of nitrogens with one attached hydrogen (secondary N) is 2. The molecule has 0 spiro atoms. The highest BCUT2D eigenvalue weighted by Crippen LogP contribution is 2.29. The fourth-order valence-corrected chi connectivity index (χ4v) is 4.66. The van der Waals surface area contributed by atoms with Gasteiger partial charge >= 0.3 is 0 Å². The highest BCUT2D eigenvalue weighted by molar-refractivity contribution is 6.05. The van der Waals surface area contributed by atoms with Crippen LogP contribution in [0, 0.1) is 13.8 Å². The van der Waals surface area contributed by atoms with E-state index in [1.165, 1.54) is 0 Å². The Balaban J connectivity index is 1.29. The van der Waals surface area contributed by atoms with Crippen LogP contribution in [-0.4, -0.2) is 64.7 Å². The molecule has 0 saturated carbocycles. The summed E-state index contributed by atoms with van der Waals surface area (Å²) in [7, 11) is 0. The first-order valence-corrected chi connectivity index (χ1v) is 15.7. The van der Waals surface area contributed by atoms with Crippen LogP contribution in [0.15, 0.2) is 97.1 Å². The Hall–Kier alpha value is -5.32. The third kappa shape index (κ3) is 10.1. The van der Waals surface area contributed by atoms with Gasteiger partial charge in [-0.2, -0.15) is 0 Å². The molecule has 48 heavy (non-hydrogen) atoms. The third-order valence-corrected chi connectivity index (χ3v) is 7.23. The van der Waals surface area contributed by atoms with Crippen molar-refractivity contribution in [2.45, 2.75) is 13.8 Å². The van der Waals surface area contributed by atoms with Crippen LogP contribution in [0.3, 0.4) is 0 Å². The fraction of sp³-hybridized carbons (Fsp3) is 0.263. The second-order valence-corrected chi connectivity index (χ2v) is 11.2. The molecule has 250 valence electrons. The van der Waals surface area contributed by atoms with Gasteiger partial charge in [-0.25, -0.2) is 0 Å². The van der Waals surface area contributed by atoms with Crippen molar-refractivity contribution in [2.75, 3.05) is 63.5 Å². The van der Waals surface area contributed by atoms with E-state index >= 15 is 0 Å². The van der Waals surface area contributed by atoms with Crippen molar-refractivity contribution < 1.29 is 38.0 Å². The number of hydrogen-bond donors (Lipinski definition) is 2. The molecule has 0 saturated heterocycles. The average molecular weight is 653 g/mol. The van der Waals surface area contributed by atoms with E-state index in [1.54, 1.807) is 60.7 Å². The summed E-state index contributed by atoms with van der Waals surface area (Å²) in [6.45, 7) is 10.6. The maximum absolute atomic E-state index is 13.1.